The minimum Gasteiger partial charge on any atom is -0.379 e. The topological polar surface area (TPSA) is 38.4 Å². The molecular weight excluding hydrogens is 132 g/mol. The highest BCUT2D eigenvalue weighted by Gasteiger charge is 2.22. The Labute approximate surface area is 59.9 Å². The third kappa shape index (κ3) is 1.39. The van der Waals surface area contributed by atoms with Crippen LogP contribution in [-0.2, 0) is 0 Å². The van der Waals surface area contributed by atoms with Crippen molar-refractivity contribution in [2.45, 2.75) is 31.6 Å². The molecule has 2 N–H and O–H groups in total. The Morgan fingerprint density at radius 2 is 2.44 bits per heavy atom. The van der Waals surface area contributed by atoms with Crippen LogP contribution in [0.5, 0.6) is 0 Å². The Morgan fingerprint density at radius 3 is 2.67 bits per heavy atom. The van der Waals surface area contributed by atoms with Gasteiger partial charge in [0.05, 0.1) is 6.04 Å². The molecule has 2 nitrogen and oxygen atoms in total. The molecule has 52 valence electrons. The van der Waals surface area contributed by atoms with Crippen molar-refractivity contribution in [2.75, 3.05) is 0 Å². The first-order valence-electron chi connectivity index (χ1n) is 3.24. The third-order valence-electron chi connectivity index (χ3n) is 1.54. The van der Waals surface area contributed by atoms with Crippen LogP contribution in [0.2, 0.25) is 0 Å². The van der Waals surface area contributed by atoms with E-state index in [-0.39, 0.29) is 0 Å². The largest absolute Gasteiger partial charge is 0.379 e. The van der Waals surface area contributed by atoms with Crippen molar-refractivity contribution in [3.05, 3.63) is 0 Å². The highest BCUT2D eigenvalue weighted by Crippen LogP contribution is 2.26. The lowest BCUT2D eigenvalue weighted by Gasteiger charge is -2.07. The SMILES string of the molecule is CC[C@@H]1SC(N)=N[C@H]1C. The zero-order valence-electron chi connectivity index (χ0n) is 5.79. The van der Waals surface area contributed by atoms with Crippen LogP contribution in [0.4, 0.5) is 0 Å². The van der Waals surface area contributed by atoms with Gasteiger partial charge in [-0.3, -0.25) is 4.99 Å². The molecule has 0 aromatic carbocycles. The van der Waals surface area contributed by atoms with Crippen molar-refractivity contribution >= 4 is 16.9 Å². The van der Waals surface area contributed by atoms with Gasteiger partial charge < -0.3 is 5.73 Å². The lowest BCUT2D eigenvalue weighted by molar-refractivity contribution is 0.686. The molecule has 0 aliphatic carbocycles. The zero-order chi connectivity index (χ0) is 6.85. The van der Waals surface area contributed by atoms with E-state index in [0.29, 0.717) is 11.3 Å². The maximum atomic E-state index is 5.50. The second-order valence-corrected chi connectivity index (χ2v) is 3.53. The van der Waals surface area contributed by atoms with Crippen LogP contribution in [0.15, 0.2) is 4.99 Å². The van der Waals surface area contributed by atoms with E-state index in [0.717, 1.165) is 11.6 Å². The molecule has 3 heteroatoms. The summed E-state index contributed by atoms with van der Waals surface area (Å²) in [5, 5.41) is 1.39. The van der Waals surface area contributed by atoms with E-state index in [1.807, 2.05) is 0 Å². The van der Waals surface area contributed by atoms with E-state index in [1.54, 1.807) is 11.8 Å². The lowest BCUT2D eigenvalue weighted by atomic mass is 10.2. The average molecular weight is 144 g/mol. The molecular formula is C6H12N2S. The molecule has 1 heterocycles. The Bertz CT molecular complexity index is 133. The molecule has 1 aliphatic heterocycles. The van der Waals surface area contributed by atoms with Gasteiger partial charge in [0.15, 0.2) is 5.17 Å². The number of aliphatic imine (C=N–C) groups is 1. The van der Waals surface area contributed by atoms with Gasteiger partial charge in [0, 0.05) is 5.25 Å². The molecule has 0 amide bonds. The first-order chi connectivity index (χ1) is 4.24. The van der Waals surface area contributed by atoms with Gasteiger partial charge in [0.2, 0.25) is 0 Å². The van der Waals surface area contributed by atoms with Gasteiger partial charge in [-0.2, -0.15) is 0 Å². The number of nitrogens with zero attached hydrogens (tertiary/aromatic N) is 1. The average Bonchev–Trinajstić information content (AvgIpc) is 2.10. The summed E-state index contributed by atoms with van der Waals surface area (Å²) in [6.45, 7) is 4.28. The second-order valence-electron chi connectivity index (χ2n) is 2.27. The predicted molar refractivity (Wildman–Crippen MR) is 42.8 cm³/mol. The molecule has 9 heavy (non-hydrogen) atoms. The standard InChI is InChI=1S/C6H12N2S/c1-3-5-4(2)8-6(7)9-5/h4-5H,3H2,1-2H3,(H2,7,8)/t4-,5-/m0/s1. The molecule has 0 aromatic rings. The Balaban J connectivity index is 2.49. The molecule has 0 spiro atoms. The van der Waals surface area contributed by atoms with Crippen LogP contribution >= 0.6 is 11.8 Å². The van der Waals surface area contributed by atoms with E-state index in [2.05, 4.69) is 18.8 Å². The predicted octanol–water partition coefficient (Wildman–Crippen LogP) is 1.22. The summed E-state index contributed by atoms with van der Waals surface area (Å²) in [4.78, 5) is 4.20. The van der Waals surface area contributed by atoms with Gasteiger partial charge in [0.1, 0.15) is 0 Å². The van der Waals surface area contributed by atoms with Crippen LogP contribution in [0.1, 0.15) is 20.3 Å². The van der Waals surface area contributed by atoms with Crippen molar-refractivity contribution < 1.29 is 0 Å². The summed E-state index contributed by atoms with van der Waals surface area (Å²) < 4.78 is 0. The van der Waals surface area contributed by atoms with Gasteiger partial charge in [-0.05, 0) is 13.3 Å². The van der Waals surface area contributed by atoms with Gasteiger partial charge in [-0.25, -0.2) is 0 Å². The van der Waals surface area contributed by atoms with Crippen molar-refractivity contribution in [1.29, 1.82) is 0 Å². The molecule has 0 saturated carbocycles. The quantitative estimate of drug-likeness (QED) is 0.601. The summed E-state index contributed by atoms with van der Waals surface area (Å²) in [7, 11) is 0. The molecule has 0 unspecified atom stereocenters. The number of rotatable bonds is 1. The maximum absolute atomic E-state index is 5.50. The minimum atomic E-state index is 0.431. The van der Waals surface area contributed by atoms with Crippen molar-refractivity contribution in [2.24, 2.45) is 10.7 Å². The number of hydrogen-bond acceptors (Lipinski definition) is 3. The Kier molecular flexibility index (Phi) is 2.01. The van der Waals surface area contributed by atoms with Crippen LogP contribution in [-0.4, -0.2) is 16.5 Å². The number of thioether (sulfide) groups is 1. The molecule has 0 aromatic heterocycles. The maximum Gasteiger partial charge on any atom is 0.154 e. The molecule has 2 atom stereocenters. The minimum absolute atomic E-state index is 0.431. The van der Waals surface area contributed by atoms with Crippen molar-refractivity contribution in [3.8, 4) is 0 Å². The number of amidine groups is 1. The Hall–Kier alpha value is -0.180. The fourth-order valence-corrected chi connectivity index (χ4v) is 1.95. The number of hydrogen-bond donors (Lipinski definition) is 1. The smallest absolute Gasteiger partial charge is 0.154 e. The highest BCUT2D eigenvalue weighted by molar-refractivity contribution is 8.14. The summed E-state index contributed by atoms with van der Waals surface area (Å²) in [6, 6.07) is 0.431. The van der Waals surface area contributed by atoms with Crippen molar-refractivity contribution in [3.63, 3.8) is 0 Å². The van der Waals surface area contributed by atoms with Crippen molar-refractivity contribution in [1.82, 2.24) is 0 Å². The van der Waals surface area contributed by atoms with Crippen LogP contribution < -0.4 is 5.73 Å². The number of nitrogens with two attached hydrogens (primary N) is 1. The molecule has 0 radical (unpaired) electrons. The highest BCUT2D eigenvalue weighted by atomic mass is 32.2. The summed E-state index contributed by atoms with van der Waals surface area (Å²) >= 11 is 1.70. The van der Waals surface area contributed by atoms with Gasteiger partial charge in [-0.15, -0.1) is 0 Å². The zero-order valence-corrected chi connectivity index (χ0v) is 6.61. The Morgan fingerprint density at radius 1 is 1.78 bits per heavy atom. The molecule has 1 aliphatic rings. The van der Waals surface area contributed by atoms with E-state index in [1.165, 1.54) is 0 Å². The van der Waals surface area contributed by atoms with Gasteiger partial charge >= 0.3 is 0 Å². The summed E-state index contributed by atoms with van der Waals surface area (Å²) in [5.74, 6) is 0. The van der Waals surface area contributed by atoms with Gasteiger partial charge in [-0.1, -0.05) is 18.7 Å². The first-order valence-corrected chi connectivity index (χ1v) is 4.12. The van der Waals surface area contributed by atoms with E-state index >= 15 is 0 Å². The molecule has 1 rings (SSSR count). The third-order valence-corrected chi connectivity index (χ3v) is 2.92. The first kappa shape index (κ1) is 6.93. The monoisotopic (exact) mass is 144 g/mol. The van der Waals surface area contributed by atoms with Crippen LogP contribution in [0.3, 0.4) is 0 Å². The molecule has 0 saturated heterocycles. The summed E-state index contributed by atoms with van der Waals surface area (Å²) in [6.07, 6.45) is 1.16. The summed E-state index contributed by atoms with van der Waals surface area (Å²) in [5.41, 5.74) is 5.50. The van der Waals surface area contributed by atoms with E-state index in [4.69, 9.17) is 5.73 Å². The van der Waals surface area contributed by atoms with E-state index in [9.17, 15) is 0 Å². The fourth-order valence-electron chi connectivity index (χ4n) is 0.992. The fraction of sp³-hybridized carbons (Fsp3) is 0.833. The van der Waals surface area contributed by atoms with Gasteiger partial charge in [0.25, 0.3) is 0 Å². The molecule has 0 fully saturated rings. The van der Waals surface area contributed by atoms with Crippen LogP contribution in [0.25, 0.3) is 0 Å². The normalized spacial score (nSPS) is 34.7. The van der Waals surface area contributed by atoms with Crippen LogP contribution in [0, 0.1) is 0 Å². The lowest BCUT2D eigenvalue weighted by Crippen LogP contribution is -2.11. The second kappa shape index (κ2) is 2.60. The molecule has 0 bridgehead atoms. The van der Waals surface area contributed by atoms with E-state index < -0.39 is 0 Å².